The molecule has 1 saturated heterocycles. The maximum atomic E-state index is 12.5. The second-order valence-corrected chi connectivity index (χ2v) is 8.62. The van der Waals surface area contributed by atoms with Crippen LogP contribution in [0.3, 0.4) is 0 Å². The summed E-state index contributed by atoms with van der Waals surface area (Å²) in [5.41, 5.74) is 2.01. The maximum absolute atomic E-state index is 12.5. The summed E-state index contributed by atoms with van der Waals surface area (Å²) in [6.45, 7) is 4.47. The standard InChI is InChI=1S/C22H24O4S/c1-22(2)19(12-17-8-9-27-26-17)20(22)21(23)25-14-16-11-18(24-13-16)10-15-6-4-3-5-7-15/h3-7,11-13,19-20H,8-10,14H2,1-2H3/t19?,20-/m0/s1. The number of allylic oxidation sites excluding steroid dienone is 2. The lowest BCUT2D eigenvalue weighted by molar-refractivity contribution is -0.147. The van der Waals surface area contributed by atoms with Crippen LogP contribution in [0.4, 0.5) is 0 Å². The molecule has 4 nitrogen and oxygen atoms in total. The van der Waals surface area contributed by atoms with Crippen molar-refractivity contribution < 1.29 is 18.1 Å². The third kappa shape index (κ3) is 4.08. The minimum atomic E-state index is -0.140. The van der Waals surface area contributed by atoms with Gasteiger partial charge in [0.1, 0.15) is 18.1 Å². The van der Waals surface area contributed by atoms with Crippen molar-refractivity contribution in [3.63, 3.8) is 0 Å². The average Bonchev–Trinajstić information content (AvgIpc) is 3.10. The fourth-order valence-electron chi connectivity index (χ4n) is 3.69. The van der Waals surface area contributed by atoms with Crippen molar-refractivity contribution in [2.75, 3.05) is 5.75 Å². The number of carbonyl (C=O) groups is 1. The van der Waals surface area contributed by atoms with E-state index in [1.807, 2.05) is 24.3 Å². The van der Waals surface area contributed by atoms with Crippen LogP contribution in [0.15, 0.2) is 58.9 Å². The molecule has 2 atom stereocenters. The van der Waals surface area contributed by atoms with Crippen molar-refractivity contribution in [3.8, 4) is 0 Å². The molecule has 0 amide bonds. The topological polar surface area (TPSA) is 48.7 Å². The van der Waals surface area contributed by atoms with E-state index in [0.29, 0.717) is 0 Å². The molecule has 0 N–H and O–H groups in total. The van der Waals surface area contributed by atoms with Gasteiger partial charge in [0.15, 0.2) is 0 Å². The Labute approximate surface area is 164 Å². The van der Waals surface area contributed by atoms with Crippen LogP contribution in [0.2, 0.25) is 0 Å². The van der Waals surface area contributed by atoms with E-state index < -0.39 is 0 Å². The van der Waals surface area contributed by atoms with Gasteiger partial charge in [-0.05, 0) is 23.1 Å². The first-order valence-corrected chi connectivity index (χ1v) is 10.2. The third-order valence-corrected chi connectivity index (χ3v) is 6.14. The van der Waals surface area contributed by atoms with Crippen LogP contribution >= 0.6 is 12.0 Å². The van der Waals surface area contributed by atoms with Crippen molar-refractivity contribution in [3.05, 3.63) is 71.4 Å². The van der Waals surface area contributed by atoms with Gasteiger partial charge >= 0.3 is 5.97 Å². The Morgan fingerprint density at radius 1 is 1.30 bits per heavy atom. The van der Waals surface area contributed by atoms with E-state index in [1.165, 1.54) is 17.6 Å². The fraction of sp³-hybridized carbons (Fsp3) is 0.409. The van der Waals surface area contributed by atoms with Gasteiger partial charge in [0, 0.05) is 30.1 Å². The molecule has 4 rings (SSSR count). The molecule has 0 radical (unpaired) electrons. The van der Waals surface area contributed by atoms with Gasteiger partial charge in [-0.3, -0.25) is 4.79 Å². The minimum absolute atomic E-state index is 0.0738. The molecule has 1 saturated carbocycles. The summed E-state index contributed by atoms with van der Waals surface area (Å²) in [7, 11) is 0. The highest BCUT2D eigenvalue weighted by Gasteiger charge is 2.61. The first-order chi connectivity index (χ1) is 13.0. The molecule has 142 valence electrons. The van der Waals surface area contributed by atoms with E-state index in [4.69, 9.17) is 13.3 Å². The predicted octanol–water partition coefficient (Wildman–Crippen LogP) is 5.14. The molecule has 1 aromatic heterocycles. The minimum Gasteiger partial charge on any atom is -0.469 e. The Balaban J connectivity index is 1.31. The molecule has 1 aliphatic heterocycles. The lowest BCUT2D eigenvalue weighted by Gasteiger charge is -2.03. The normalized spacial score (nSPS) is 24.6. The summed E-state index contributed by atoms with van der Waals surface area (Å²) in [6.07, 6.45) is 5.46. The lowest BCUT2D eigenvalue weighted by Crippen LogP contribution is -2.10. The molecule has 0 bridgehead atoms. The van der Waals surface area contributed by atoms with Crippen LogP contribution in [0.5, 0.6) is 0 Å². The van der Waals surface area contributed by atoms with Crippen LogP contribution in [0.1, 0.15) is 37.2 Å². The molecule has 2 fully saturated rings. The van der Waals surface area contributed by atoms with Crippen LogP contribution in [0.25, 0.3) is 0 Å². The number of rotatable bonds is 6. The van der Waals surface area contributed by atoms with Gasteiger partial charge < -0.3 is 13.3 Å². The molecule has 1 aliphatic carbocycles. The smallest absolute Gasteiger partial charge is 0.310 e. The Morgan fingerprint density at radius 2 is 2.11 bits per heavy atom. The van der Waals surface area contributed by atoms with Gasteiger partial charge in [0.2, 0.25) is 0 Å². The highest BCUT2D eigenvalue weighted by molar-refractivity contribution is 7.95. The van der Waals surface area contributed by atoms with Crippen LogP contribution in [-0.2, 0) is 26.7 Å². The zero-order chi connectivity index (χ0) is 18.9. The third-order valence-electron chi connectivity index (χ3n) is 5.44. The first kappa shape index (κ1) is 18.2. The number of ether oxygens (including phenoxy) is 1. The average molecular weight is 384 g/mol. The number of esters is 1. The van der Waals surface area contributed by atoms with E-state index in [-0.39, 0.29) is 29.8 Å². The van der Waals surface area contributed by atoms with Gasteiger partial charge in [0.25, 0.3) is 0 Å². The summed E-state index contributed by atoms with van der Waals surface area (Å²) in [6, 6.07) is 12.1. The summed E-state index contributed by atoms with van der Waals surface area (Å²) >= 11 is 1.48. The van der Waals surface area contributed by atoms with Crippen molar-refractivity contribution in [1.29, 1.82) is 0 Å². The fourth-order valence-corrected chi connectivity index (χ4v) is 4.35. The van der Waals surface area contributed by atoms with E-state index in [2.05, 4.69) is 32.1 Å². The quantitative estimate of drug-likeness (QED) is 0.510. The molecular formula is C22H24O4S. The van der Waals surface area contributed by atoms with Crippen molar-refractivity contribution >= 4 is 18.0 Å². The van der Waals surface area contributed by atoms with Gasteiger partial charge in [0.05, 0.1) is 24.2 Å². The molecule has 5 heteroatoms. The van der Waals surface area contributed by atoms with Crippen LogP contribution < -0.4 is 0 Å². The van der Waals surface area contributed by atoms with Crippen molar-refractivity contribution in [1.82, 2.24) is 0 Å². The lowest BCUT2D eigenvalue weighted by atomic mass is 10.1. The van der Waals surface area contributed by atoms with E-state index in [0.717, 1.165) is 35.7 Å². The molecule has 2 heterocycles. The molecule has 27 heavy (non-hydrogen) atoms. The molecule has 2 aromatic rings. The van der Waals surface area contributed by atoms with Crippen LogP contribution in [0, 0.1) is 17.3 Å². The number of furan rings is 1. The Hall–Kier alpha value is -2.14. The van der Waals surface area contributed by atoms with E-state index >= 15 is 0 Å². The molecule has 1 aromatic carbocycles. The Kier molecular flexibility index (Phi) is 5.04. The zero-order valence-electron chi connectivity index (χ0n) is 15.6. The van der Waals surface area contributed by atoms with Gasteiger partial charge in [-0.25, -0.2) is 0 Å². The number of carbonyl (C=O) groups excluding carboxylic acids is 1. The van der Waals surface area contributed by atoms with Crippen LogP contribution in [-0.4, -0.2) is 11.7 Å². The first-order valence-electron chi connectivity index (χ1n) is 9.31. The monoisotopic (exact) mass is 384 g/mol. The SMILES string of the molecule is CC1(C)C(C=C2CCSO2)[C@H]1C(=O)OCc1coc(Cc2ccccc2)c1. The molecule has 2 aliphatic rings. The summed E-state index contributed by atoms with van der Waals surface area (Å²) < 4.78 is 16.7. The summed E-state index contributed by atoms with van der Waals surface area (Å²) in [4.78, 5) is 12.5. The van der Waals surface area contributed by atoms with Gasteiger partial charge in [-0.15, -0.1) is 0 Å². The van der Waals surface area contributed by atoms with Gasteiger partial charge in [-0.2, -0.15) is 0 Å². The molecule has 0 spiro atoms. The molecule has 1 unspecified atom stereocenters. The Bertz CT molecular complexity index is 829. The largest absolute Gasteiger partial charge is 0.469 e. The maximum Gasteiger partial charge on any atom is 0.310 e. The summed E-state index contributed by atoms with van der Waals surface area (Å²) in [5, 5.41) is 0. The second kappa shape index (κ2) is 7.47. The van der Waals surface area contributed by atoms with Gasteiger partial charge in [-0.1, -0.05) is 44.2 Å². The highest BCUT2D eigenvalue weighted by atomic mass is 32.2. The number of hydrogen-bond acceptors (Lipinski definition) is 5. The van der Waals surface area contributed by atoms with Crippen molar-refractivity contribution in [2.45, 2.75) is 33.3 Å². The Morgan fingerprint density at radius 3 is 2.85 bits per heavy atom. The second-order valence-electron chi connectivity index (χ2n) is 7.80. The van der Waals surface area contributed by atoms with E-state index in [1.54, 1.807) is 6.26 Å². The number of hydrogen-bond donors (Lipinski definition) is 0. The predicted molar refractivity (Wildman–Crippen MR) is 105 cm³/mol. The number of benzene rings is 1. The highest BCUT2D eigenvalue weighted by Crippen LogP contribution is 2.60. The van der Waals surface area contributed by atoms with E-state index in [9.17, 15) is 4.79 Å². The summed E-state index contributed by atoms with van der Waals surface area (Å²) in [5.74, 6) is 2.80. The molecular weight excluding hydrogens is 360 g/mol. The zero-order valence-corrected chi connectivity index (χ0v) is 16.5. The van der Waals surface area contributed by atoms with Crippen molar-refractivity contribution in [2.24, 2.45) is 17.3 Å².